The average molecular weight is 416 g/mol. The fourth-order valence-corrected chi connectivity index (χ4v) is 5.44. The number of benzene rings is 2. The van der Waals surface area contributed by atoms with Gasteiger partial charge >= 0.3 is 0 Å². The Morgan fingerprint density at radius 1 is 1.07 bits per heavy atom. The van der Waals surface area contributed by atoms with Crippen LogP contribution in [0.25, 0.3) is 0 Å². The monoisotopic (exact) mass is 415 g/mol. The minimum Gasteiger partial charge on any atom is -0.493 e. The van der Waals surface area contributed by atoms with Crippen molar-refractivity contribution in [2.45, 2.75) is 50.3 Å². The van der Waals surface area contributed by atoms with E-state index in [1.807, 2.05) is 24.3 Å². The minimum atomic E-state index is -0.590. The Hall–Kier alpha value is -1.75. The molecule has 1 saturated carbocycles. The molecule has 3 atom stereocenters. The molecule has 2 aliphatic rings. The molecule has 1 saturated heterocycles. The Labute approximate surface area is 178 Å². The zero-order chi connectivity index (χ0) is 20.4. The number of hydrogen-bond acceptors (Lipinski definition) is 4. The third-order valence-electron chi connectivity index (χ3n) is 6.75. The van der Waals surface area contributed by atoms with Gasteiger partial charge in [-0.15, -0.1) is 0 Å². The highest BCUT2D eigenvalue weighted by molar-refractivity contribution is 6.31. The number of piperidine rings is 1. The molecule has 0 spiro atoms. The lowest BCUT2D eigenvalue weighted by molar-refractivity contribution is -0.126. The molecule has 0 unspecified atom stereocenters. The van der Waals surface area contributed by atoms with Crippen LogP contribution in [0.15, 0.2) is 42.5 Å². The number of rotatable bonds is 5. The highest BCUT2D eigenvalue weighted by Gasteiger charge is 2.49. The number of fused-ring (bicyclic) bond motifs is 1. The quantitative estimate of drug-likeness (QED) is 0.726. The highest BCUT2D eigenvalue weighted by Crippen LogP contribution is 2.50. The van der Waals surface area contributed by atoms with E-state index < -0.39 is 5.60 Å². The standard InChI is InChI=1S/C24H30ClNO3/c1-28-21-11-10-17(15-22(21)29-2)23-19-8-5-6-12-24(19,27)13-14-26(23)16-18-7-3-4-9-20(18)25/h3-4,7,9-11,15,19,23,27H,5-6,8,12-14,16H2,1-2H3/t19-,23-,24-/m1/s1. The van der Waals surface area contributed by atoms with E-state index in [0.29, 0.717) is 0 Å². The first-order chi connectivity index (χ1) is 14.1. The molecule has 4 nitrogen and oxygen atoms in total. The Morgan fingerprint density at radius 2 is 1.86 bits per heavy atom. The van der Waals surface area contributed by atoms with Crippen LogP contribution in [0.5, 0.6) is 11.5 Å². The van der Waals surface area contributed by atoms with E-state index in [9.17, 15) is 5.11 Å². The molecule has 1 aliphatic heterocycles. The second-order valence-corrected chi connectivity index (χ2v) is 8.73. The molecule has 0 bridgehead atoms. The summed E-state index contributed by atoms with van der Waals surface area (Å²) in [5.74, 6) is 1.65. The average Bonchev–Trinajstić information content (AvgIpc) is 2.74. The van der Waals surface area contributed by atoms with E-state index in [0.717, 1.165) is 67.3 Å². The second kappa shape index (κ2) is 8.55. The van der Waals surface area contributed by atoms with E-state index in [-0.39, 0.29) is 12.0 Å². The summed E-state index contributed by atoms with van der Waals surface area (Å²) in [5, 5.41) is 12.3. The lowest BCUT2D eigenvalue weighted by Crippen LogP contribution is -2.54. The van der Waals surface area contributed by atoms with Crippen LogP contribution in [0.1, 0.15) is 49.3 Å². The second-order valence-electron chi connectivity index (χ2n) is 8.33. The number of likely N-dealkylation sites (tertiary alicyclic amines) is 1. The first-order valence-electron chi connectivity index (χ1n) is 10.5. The number of nitrogens with zero attached hydrogens (tertiary/aromatic N) is 1. The summed E-state index contributed by atoms with van der Waals surface area (Å²) in [6, 6.07) is 14.3. The highest BCUT2D eigenvalue weighted by atomic mass is 35.5. The van der Waals surface area contributed by atoms with Crippen LogP contribution in [0.4, 0.5) is 0 Å². The molecule has 1 heterocycles. The summed E-state index contributed by atoms with van der Waals surface area (Å²) in [7, 11) is 3.32. The molecule has 5 heteroatoms. The van der Waals surface area contributed by atoms with Crippen LogP contribution in [0.2, 0.25) is 5.02 Å². The molecule has 4 rings (SSSR count). The van der Waals surface area contributed by atoms with E-state index >= 15 is 0 Å². The van der Waals surface area contributed by atoms with Gasteiger partial charge in [0.1, 0.15) is 0 Å². The third kappa shape index (κ3) is 3.98. The minimum absolute atomic E-state index is 0.116. The van der Waals surface area contributed by atoms with Gasteiger partial charge < -0.3 is 14.6 Å². The summed E-state index contributed by atoms with van der Waals surface area (Å²) in [6.07, 6.45) is 5.01. The first-order valence-corrected chi connectivity index (χ1v) is 10.9. The van der Waals surface area contributed by atoms with Gasteiger partial charge in [-0.3, -0.25) is 4.90 Å². The number of aliphatic hydroxyl groups is 1. The van der Waals surface area contributed by atoms with Gasteiger partial charge in [-0.05, 0) is 48.6 Å². The van der Waals surface area contributed by atoms with Gasteiger partial charge in [0, 0.05) is 30.1 Å². The van der Waals surface area contributed by atoms with Crippen molar-refractivity contribution in [1.82, 2.24) is 4.90 Å². The number of halogens is 1. The van der Waals surface area contributed by atoms with E-state index in [4.69, 9.17) is 21.1 Å². The van der Waals surface area contributed by atoms with Crippen molar-refractivity contribution in [2.75, 3.05) is 20.8 Å². The maximum Gasteiger partial charge on any atom is 0.161 e. The molecular weight excluding hydrogens is 386 g/mol. The number of hydrogen-bond donors (Lipinski definition) is 1. The fraction of sp³-hybridized carbons (Fsp3) is 0.500. The van der Waals surface area contributed by atoms with Crippen molar-refractivity contribution in [3.05, 3.63) is 58.6 Å². The predicted octanol–water partition coefficient (Wildman–Crippen LogP) is 5.23. The summed E-state index contributed by atoms with van der Waals surface area (Å²) in [4.78, 5) is 2.48. The molecule has 0 aromatic heterocycles. The largest absolute Gasteiger partial charge is 0.493 e. The lowest BCUT2D eigenvalue weighted by atomic mass is 9.66. The predicted molar refractivity (Wildman–Crippen MR) is 116 cm³/mol. The molecule has 1 aliphatic carbocycles. The van der Waals surface area contributed by atoms with Crippen LogP contribution in [-0.2, 0) is 6.54 Å². The van der Waals surface area contributed by atoms with Crippen molar-refractivity contribution in [2.24, 2.45) is 5.92 Å². The van der Waals surface area contributed by atoms with Gasteiger partial charge in [0.05, 0.1) is 19.8 Å². The zero-order valence-electron chi connectivity index (χ0n) is 17.2. The summed E-state index contributed by atoms with van der Waals surface area (Å²) in [6.45, 7) is 1.61. The Morgan fingerprint density at radius 3 is 2.62 bits per heavy atom. The molecule has 2 aromatic rings. The van der Waals surface area contributed by atoms with Crippen molar-refractivity contribution < 1.29 is 14.6 Å². The van der Waals surface area contributed by atoms with Crippen LogP contribution in [0, 0.1) is 5.92 Å². The van der Waals surface area contributed by atoms with Crippen molar-refractivity contribution in [3.63, 3.8) is 0 Å². The summed E-state index contributed by atoms with van der Waals surface area (Å²) < 4.78 is 11.0. The number of methoxy groups -OCH3 is 2. The third-order valence-corrected chi connectivity index (χ3v) is 7.12. The Balaban J connectivity index is 1.73. The summed E-state index contributed by atoms with van der Waals surface area (Å²) >= 11 is 6.48. The maximum absolute atomic E-state index is 11.5. The SMILES string of the molecule is COc1ccc([C@@H]2[C@H]3CCCC[C@@]3(O)CCN2Cc2ccccc2Cl)cc1OC. The topological polar surface area (TPSA) is 41.9 Å². The Bertz CT molecular complexity index is 858. The molecule has 1 N–H and O–H groups in total. The van der Waals surface area contributed by atoms with Crippen molar-refractivity contribution in [3.8, 4) is 11.5 Å². The van der Waals surface area contributed by atoms with Crippen LogP contribution >= 0.6 is 11.6 Å². The molecule has 29 heavy (non-hydrogen) atoms. The zero-order valence-corrected chi connectivity index (χ0v) is 18.0. The van der Waals surface area contributed by atoms with E-state index in [2.05, 4.69) is 23.1 Å². The van der Waals surface area contributed by atoms with E-state index in [1.165, 1.54) is 5.56 Å². The maximum atomic E-state index is 11.5. The van der Waals surface area contributed by atoms with Gasteiger partial charge in [-0.1, -0.05) is 48.7 Å². The smallest absolute Gasteiger partial charge is 0.161 e. The molecule has 2 aromatic carbocycles. The van der Waals surface area contributed by atoms with Gasteiger partial charge in [-0.2, -0.15) is 0 Å². The van der Waals surface area contributed by atoms with E-state index in [1.54, 1.807) is 14.2 Å². The van der Waals surface area contributed by atoms with Crippen LogP contribution < -0.4 is 9.47 Å². The van der Waals surface area contributed by atoms with Crippen LogP contribution in [0.3, 0.4) is 0 Å². The molecule has 0 radical (unpaired) electrons. The number of ether oxygens (including phenoxy) is 2. The molecular formula is C24H30ClNO3. The Kier molecular flexibility index (Phi) is 6.05. The van der Waals surface area contributed by atoms with Crippen LogP contribution in [-0.4, -0.2) is 36.4 Å². The van der Waals surface area contributed by atoms with Gasteiger partial charge in [0.2, 0.25) is 0 Å². The van der Waals surface area contributed by atoms with Gasteiger partial charge in [0.25, 0.3) is 0 Å². The van der Waals surface area contributed by atoms with Gasteiger partial charge in [-0.25, -0.2) is 0 Å². The fourth-order valence-electron chi connectivity index (χ4n) is 5.25. The summed E-state index contributed by atoms with van der Waals surface area (Å²) in [5.41, 5.74) is 1.70. The molecule has 2 fully saturated rings. The van der Waals surface area contributed by atoms with Crippen molar-refractivity contribution in [1.29, 1.82) is 0 Å². The first kappa shape index (κ1) is 20.5. The normalized spacial score (nSPS) is 27.3. The molecule has 0 amide bonds. The van der Waals surface area contributed by atoms with Crippen molar-refractivity contribution >= 4 is 11.6 Å². The lowest BCUT2D eigenvalue weighted by Gasteiger charge is -2.53. The van der Waals surface area contributed by atoms with Gasteiger partial charge in [0.15, 0.2) is 11.5 Å². The molecule has 156 valence electrons.